The van der Waals surface area contributed by atoms with Gasteiger partial charge in [0.1, 0.15) is 0 Å². The van der Waals surface area contributed by atoms with Gasteiger partial charge in [-0.25, -0.2) is 9.67 Å². The van der Waals surface area contributed by atoms with Crippen LogP contribution >= 0.6 is 0 Å². The van der Waals surface area contributed by atoms with Crippen molar-refractivity contribution >= 4 is 16.9 Å². The van der Waals surface area contributed by atoms with Crippen LogP contribution in [0.4, 0.5) is 0 Å². The lowest BCUT2D eigenvalue weighted by atomic mass is 10.1. The van der Waals surface area contributed by atoms with Crippen LogP contribution in [-0.4, -0.2) is 51.4 Å². The topological polar surface area (TPSA) is 60.2 Å². The van der Waals surface area contributed by atoms with Crippen molar-refractivity contribution in [1.82, 2.24) is 19.7 Å². The van der Waals surface area contributed by atoms with Gasteiger partial charge in [-0.05, 0) is 26.8 Å². The van der Waals surface area contributed by atoms with Gasteiger partial charge in [-0.1, -0.05) is 30.3 Å². The van der Waals surface area contributed by atoms with Crippen molar-refractivity contribution in [3.63, 3.8) is 0 Å². The number of nitrogens with zero attached hydrogens (tertiary/aromatic N) is 4. The Hall–Kier alpha value is -2.73. The molecule has 1 fully saturated rings. The van der Waals surface area contributed by atoms with Crippen molar-refractivity contribution in [3.05, 3.63) is 48.2 Å². The van der Waals surface area contributed by atoms with E-state index in [9.17, 15) is 4.79 Å². The molecule has 1 aliphatic heterocycles. The summed E-state index contributed by atoms with van der Waals surface area (Å²) in [5.74, 6) is 0.0121. The van der Waals surface area contributed by atoms with Crippen LogP contribution in [0.15, 0.2) is 42.6 Å². The number of carbonyl (C=O) groups is 1. The maximum Gasteiger partial charge on any atom is 0.254 e. The van der Waals surface area contributed by atoms with Gasteiger partial charge < -0.3 is 9.64 Å². The van der Waals surface area contributed by atoms with Crippen LogP contribution in [0.5, 0.6) is 0 Å². The van der Waals surface area contributed by atoms with Crippen LogP contribution in [0.2, 0.25) is 0 Å². The maximum absolute atomic E-state index is 13.3. The van der Waals surface area contributed by atoms with Crippen LogP contribution in [0.3, 0.4) is 0 Å². The average Bonchev–Trinajstić information content (AvgIpc) is 3.11. The van der Waals surface area contributed by atoms with Gasteiger partial charge in [0.15, 0.2) is 5.65 Å². The number of hydrogen-bond acceptors (Lipinski definition) is 4. The molecule has 1 aliphatic rings. The van der Waals surface area contributed by atoms with Gasteiger partial charge >= 0.3 is 0 Å². The third kappa shape index (κ3) is 3.32. The van der Waals surface area contributed by atoms with Gasteiger partial charge in [0.05, 0.1) is 35.6 Å². The standard InChI is InChI=1S/C21H24N4O2/c1-14(2)25-20-18(12-22-25)17(21(26)24-9-10-27-15(3)13-24)11-19(23-20)16-7-5-4-6-8-16/h4-8,11-12,14-15H,9-10,13H2,1-3H3/t15-/m0/s1. The lowest BCUT2D eigenvalue weighted by Gasteiger charge is -2.31. The number of amides is 1. The average molecular weight is 364 g/mol. The number of fused-ring (bicyclic) bond motifs is 1. The molecule has 140 valence electrons. The molecule has 27 heavy (non-hydrogen) atoms. The minimum atomic E-state index is 0.0121. The zero-order valence-electron chi connectivity index (χ0n) is 15.9. The summed E-state index contributed by atoms with van der Waals surface area (Å²) in [4.78, 5) is 20.0. The fraction of sp³-hybridized carbons (Fsp3) is 0.381. The summed E-state index contributed by atoms with van der Waals surface area (Å²) in [6.45, 7) is 7.89. The van der Waals surface area contributed by atoms with Crippen LogP contribution in [0.1, 0.15) is 37.2 Å². The Balaban J connectivity index is 1.86. The highest BCUT2D eigenvalue weighted by Crippen LogP contribution is 2.27. The van der Waals surface area contributed by atoms with Crippen molar-refractivity contribution in [2.75, 3.05) is 19.7 Å². The third-order valence-electron chi connectivity index (χ3n) is 4.88. The quantitative estimate of drug-likeness (QED) is 0.713. The maximum atomic E-state index is 13.3. The van der Waals surface area contributed by atoms with E-state index in [1.807, 2.05) is 52.9 Å². The van der Waals surface area contributed by atoms with Crippen LogP contribution < -0.4 is 0 Å². The molecule has 0 bridgehead atoms. The molecule has 0 aliphatic carbocycles. The summed E-state index contributed by atoms with van der Waals surface area (Å²) >= 11 is 0. The first-order valence-electron chi connectivity index (χ1n) is 9.39. The number of pyridine rings is 1. The number of ether oxygens (including phenoxy) is 1. The van der Waals surface area contributed by atoms with E-state index in [1.165, 1.54) is 0 Å². The molecule has 1 aromatic carbocycles. The highest BCUT2D eigenvalue weighted by atomic mass is 16.5. The number of carbonyl (C=O) groups excluding carboxylic acids is 1. The molecule has 0 saturated carbocycles. The number of hydrogen-bond donors (Lipinski definition) is 0. The summed E-state index contributed by atoms with van der Waals surface area (Å²) in [5.41, 5.74) is 3.17. The second-order valence-electron chi connectivity index (χ2n) is 7.27. The molecule has 6 nitrogen and oxygen atoms in total. The molecule has 4 rings (SSSR count). The molecule has 3 aromatic rings. The van der Waals surface area contributed by atoms with Gasteiger partial charge in [0.2, 0.25) is 0 Å². The smallest absolute Gasteiger partial charge is 0.254 e. The number of rotatable bonds is 3. The van der Waals surface area contributed by atoms with E-state index in [1.54, 1.807) is 6.20 Å². The molecule has 1 atom stereocenters. The monoisotopic (exact) mass is 364 g/mol. The Morgan fingerprint density at radius 1 is 1.26 bits per heavy atom. The fourth-order valence-corrected chi connectivity index (χ4v) is 3.50. The van der Waals surface area contributed by atoms with Crippen LogP contribution in [0, 0.1) is 0 Å². The Morgan fingerprint density at radius 2 is 2.04 bits per heavy atom. The molecule has 1 saturated heterocycles. The summed E-state index contributed by atoms with van der Waals surface area (Å²) in [5, 5.41) is 5.29. The van der Waals surface area contributed by atoms with Crippen molar-refractivity contribution in [2.45, 2.75) is 32.9 Å². The van der Waals surface area contributed by atoms with E-state index in [0.717, 1.165) is 22.3 Å². The van der Waals surface area contributed by atoms with Gasteiger partial charge in [-0.2, -0.15) is 5.10 Å². The number of aromatic nitrogens is 3. The molecule has 0 N–H and O–H groups in total. The van der Waals surface area contributed by atoms with E-state index < -0.39 is 0 Å². The van der Waals surface area contributed by atoms with Gasteiger partial charge in [0.25, 0.3) is 5.91 Å². The molecular weight excluding hydrogens is 340 g/mol. The summed E-state index contributed by atoms with van der Waals surface area (Å²) in [7, 11) is 0. The first-order chi connectivity index (χ1) is 13.0. The van der Waals surface area contributed by atoms with E-state index in [0.29, 0.717) is 25.3 Å². The zero-order chi connectivity index (χ0) is 19.0. The molecule has 0 radical (unpaired) electrons. The van der Waals surface area contributed by atoms with Crippen molar-refractivity contribution in [2.24, 2.45) is 0 Å². The Labute approximate surface area is 158 Å². The van der Waals surface area contributed by atoms with E-state index in [4.69, 9.17) is 9.72 Å². The summed E-state index contributed by atoms with van der Waals surface area (Å²) in [6.07, 6.45) is 1.81. The lowest BCUT2D eigenvalue weighted by Crippen LogP contribution is -2.44. The molecule has 1 amide bonds. The SMILES string of the molecule is CC(C)n1ncc2c(C(=O)N3CCO[C@@H](C)C3)cc(-c3ccccc3)nc21. The molecule has 0 unspecified atom stereocenters. The fourth-order valence-electron chi connectivity index (χ4n) is 3.50. The van der Waals surface area contributed by atoms with Gasteiger partial charge in [-0.15, -0.1) is 0 Å². The molecule has 2 aromatic heterocycles. The number of benzene rings is 1. The Morgan fingerprint density at radius 3 is 2.74 bits per heavy atom. The summed E-state index contributed by atoms with van der Waals surface area (Å²) in [6, 6.07) is 12.0. The highest BCUT2D eigenvalue weighted by molar-refractivity contribution is 6.06. The minimum Gasteiger partial charge on any atom is -0.375 e. The minimum absolute atomic E-state index is 0.0121. The van der Waals surface area contributed by atoms with Gasteiger partial charge in [-0.3, -0.25) is 4.79 Å². The van der Waals surface area contributed by atoms with E-state index in [-0.39, 0.29) is 18.1 Å². The third-order valence-corrected chi connectivity index (χ3v) is 4.88. The zero-order valence-corrected chi connectivity index (χ0v) is 15.9. The van der Waals surface area contributed by atoms with Gasteiger partial charge in [0, 0.05) is 24.7 Å². The van der Waals surface area contributed by atoms with Crippen LogP contribution in [-0.2, 0) is 4.74 Å². The lowest BCUT2D eigenvalue weighted by molar-refractivity contribution is -0.0123. The Bertz CT molecular complexity index is 965. The Kier molecular flexibility index (Phi) is 4.66. The predicted molar refractivity (Wildman–Crippen MR) is 105 cm³/mol. The second-order valence-corrected chi connectivity index (χ2v) is 7.27. The predicted octanol–water partition coefficient (Wildman–Crippen LogP) is 3.54. The largest absolute Gasteiger partial charge is 0.375 e. The normalized spacial score (nSPS) is 17.6. The van der Waals surface area contributed by atoms with E-state index >= 15 is 0 Å². The van der Waals surface area contributed by atoms with Crippen LogP contribution in [0.25, 0.3) is 22.3 Å². The second kappa shape index (κ2) is 7.12. The highest BCUT2D eigenvalue weighted by Gasteiger charge is 2.26. The van der Waals surface area contributed by atoms with E-state index in [2.05, 4.69) is 18.9 Å². The first kappa shape index (κ1) is 17.7. The van der Waals surface area contributed by atoms with Crippen molar-refractivity contribution in [3.8, 4) is 11.3 Å². The molecule has 3 heterocycles. The van der Waals surface area contributed by atoms with Crippen molar-refractivity contribution < 1.29 is 9.53 Å². The number of morpholine rings is 1. The summed E-state index contributed by atoms with van der Waals surface area (Å²) < 4.78 is 7.46. The molecule has 6 heteroatoms. The molecular formula is C21H24N4O2. The first-order valence-corrected chi connectivity index (χ1v) is 9.39. The van der Waals surface area contributed by atoms with Crippen molar-refractivity contribution in [1.29, 1.82) is 0 Å². The molecule has 0 spiro atoms.